The number of hydrogen-bond acceptors (Lipinski definition) is 3. The van der Waals surface area contributed by atoms with Crippen molar-refractivity contribution in [2.45, 2.75) is 19.9 Å². The second-order valence-corrected chi connectivity index (χ2v) is 5.46. The summed E-state index contributed by atoms with van der Waals surface area (Å²) in [6, 6.07) is 9.49. The quantitative estimate of drug-likeness (QED) is 0.928. The van der Waals surface area contributed by atoms with Gasteiger partial charge in [0.25, 0.3) is 0 Å². The van der Waals surface area contributed by atoms with E-state index in [0.29, 0.717) is 11.5 Å². The van der Waals surface area contributed by atoms with E-state index in [1.54, 1.807) is 14.2 Å². The molecule has 0 aromatic heterocycles. The van der Waals surface area contributed by atoms with Gasteiger partial charge in [0, 0.05) is 5.02 Å². The van der Waals surface area contributed by atoms with Gasteiger partial charge in [0.2, 0.25) is 0 Å². The minimum Gasteiger partial charge on any atom is -0.493 e. The fraction of sp³-hybridized carbons (Fsp3) is 0.294. The first kappa shape index (κ1) is 15.7. The lowest BCUT2D eigenvalue weighted by molar-refractivity contribution is 0.354. The Morgan fingerprint density at radius 2 is 1.57 bits per heavy atom. The van der Waals surface area contributed by atoms with Crippen molar-refractivity contribution in [2.75, 3.05) is 14.2 Å². The van der Waals surface area contributed by atoms with E-state index >= 15 is 0 Å². The standard InChI is InChI=1S/C17H20ClNO2/c1-10-8-15(20-3)16(21-4)9-13(10)17(19)12-5-6-14(18)11(2)7-12/h5-9,17H,19H2,1-4H3. The number of methoxy groups -OCH3 is 2. The van der Waals surface area contributed by atoms with E-state index in [-0.39, 0.29) is 6.04 Å². The first-order chi connectivity index (χ1) is 9.97. The summed E-state index contributed by atoms with van der Waals surface area (Å²) in [6.45, 7) is 3.99. The Balaban J connectivity index is 2.47. The second kappa shape index (κ2) is 6.37. The van der Waals surface area contributed by atoms with Crippen LogP contribution in [0, 0.1) is 13.8 Å². The van der Waals surface area contributed by atoms with Gasteiger partial charge in [-0.25, -0.2) is 0 Å². The Morgan fingerprint density at radius 1 is 0.952 bits per heavy atom. The third-order valence-corrected chi connectivity index (χ3v) is 4.07. The second-order valence-electron chi connectivity index (χ2n) is 5.05. The highest BCUT2D eigenvalue weighted by Gasteiger charge is 2.16. The number of aryl methyl sites for hydroxylation is 2. The third-order valence-electron chi connectivity index (χ3n) is 3.65. The van der Waals surface area contributed by atoms with Gasteiger partial charge < -0.3 is 15.2 Å². The maximum atomic E-state index is 6.41. The Bertz CT molecular complexity index is 655. The lowest BCUT2D eigenvalue weighted by Gasteiger charge is -2.19. The average molecular weight is 306 g/mol. The van der Waals surface area contributed by atoms with Crippen molar-refractivity contribution in [3.8, 4) is 11.5 Å². The largest absolute Gasteiger partial charge is 0.493 e. The SMILES string of the molecule is COc1cc(C)c(C(N)c2ccc(Cl)c(C)c2)cc1OC. The first-order valence-electron chi connectivity index (χ1n) is 6.72. The third kappa shape index (κ3) is 3.14. The molecule has 2 rings (SSSR count). The zero-order chi connectivity index (χ0) is 15.6. The number of benzene rings is 2. The smallest absolute Gasteiger partial charge is 0.161 e. The Labute approximate surface area is 130 Å². The summed E-state index contributed by atoms with van der Waals surface area (Å²) >= 11 is 6.07. The van der Waals surface area contributed by atoms with Crippen LogP contribution in [0.15, 0.2) is 30.3 Å². The molecule has 0 aliphatic heterocycles. The Kier molecular flexibility index (Phi) is 4.76. The normalized spacial score (nSPS) is 12.1. The predicted octanol–water partition coefficient (Wildman–Crippen LogP) is 4.02. The van der Waals surface area contributed by atoms with Crippen LogP contribution in [0.25, 0.3) is 0 Å². The van der Waals surface area contributed by atoms with Gasteiger partial charge in [-0.2, -0.15) is 0 Å². The molecule has 0 aliphatic carbocycles. The first-order valence-corrected chi connectivity index (χ1v) is 7.10. The predicted molar refractivity (Wildman–Crippen MR) is 86.5 cm³/mol. The molecular formula is C17H20ClNO2. The zero-order valence-electron chi connectivity index (χ0n) is 12.7. The van der Waals surface area contributed by atoms with Gasteiger partial charge in [0.05, 0.1) is 20.3 Å². The Hall–Kier alpha value is -1.71. The van der Waals surface area contributed by atoms with E-state index in [4.69, 9.17) is 26.8 Å². The monoisotopic (exact) mass is 305 g/mol. The van der Waals surface area contributed by atoms with Crippen LogP contribution in [0.1, 0.15) is 28.3 Å². The fourth-order valence-electron chi connectivity index (χ4n) is 2.37. The maximum Gasteiger partial charge on any atom is 0.161 e. The van der Waals surface area contributed by atoms with Crippen molar-refractivity contribution < 1.29 is 9.47 Å². The minimum atomic E-state index is -0.235. The molecule has 0 saturated carbocycles. The molecule has 0 spiro atoms. The van der Waals surface area contributed by atoms with Gasteiger partial charge in [-0.05, 0) is 54.3 Å². The Morgan fingerprint density at radius 3 is 2.14 bits per heavy atom. The number of ether oxygens (including phenoxy) is 2. The van der Waals surface area contributed by atoms with Crippen molar-refractivity contribution in [1.82, 2.24) is 0 Å². The van der Waals surface area contributed by atoms with E-state index in [0.717, 1.165) is 27.3 Å². The summed E-state index contributed by atoms with van der Waals surface area (Å²) in [5.41, 5.74) is 10.5. The fourth-order valence-corrected chi connectivity index (χ4v) is 2.49. The molecule has 2 aromatic rings. The van der Waals surface area contributed by atoms with Crippen LogP contribution < -0.4 is 15.2 Å². The van der Waals surface area contributed by atoms with Crippen molar-refractivity contribution in [3.05, 3.63) is 57.6 Å². The number of nitrogens with two attached hydrogens (primary N) is 1. The summed E-state index contributed by atoms with van der Waals surface area (Å²) in [5.74, 6) is 1.39. The van der Waals surface area contributed by atoms with Crippen LogP contribution in [0.3, 0.4) is 0 Å². The molecule has 0 heterocycles. The van der Waals surface area contributed by atoms with Crippen LogP contribution in [0.2, 0.25) is 5.02 Å². The topological polar surface area (TPSA) is 44.5 Å². The summed E-state index contributed by atoms with van der Waals surface area (Å²) in [4.78, 5) is 0. The van der Waals surface area contributed by atoms with E-state index < -0.39 is 0 Å². The molecule has 1 unspecified atom stereocenters. The summed E-state index contributed by atoms with van der Waals surface area (Å²) in [6.07, 6.45) is 0. The highest BCUT2D eigenvalue weighted by molar-refractivity contribution is 6.31. The van der Waals surface area contributed by atoms with Gasteiger partial charge in [-0.15, -0.1) is 0 Å². The molecule has 2 N–H and O–H groups in total. The summed E-state index contributed by atoms with van der Waals surface area (Å²) in [7, 11) is 3.24. The van der Waals surface area contributed by atoms with Gasteiger partial charge in [-0.1, -0.05) is 23.7 Å². The van der Waals surface area contributed by atoms with Crippen molar-refractivity contribution in [1.29, 1.82) is 0 Å². The van der Waals surface area contributed by atoms with E-state index in [1.165, 1.54) is 0 Å². The molecule has 1 atom stereocenters. The highest BCUT2D eigenvalue weighted by atomic mass is 35.5. The van der Waals surface area contributed by atoms with E-state index in [1.807, 2.05) is 44.2 Å². The molecule has 0 amide bonds. The molecule has 2 aromatic carbocycles. The number of rotatable bonds is 4. The van der Waals surface area contributed by atoms with Crippen LogP contribution >= 0.6 is 11.6 Å². The van der Waals surface area contributed by atoms with Crippen LogP contribution in [-0.2, 0) is 0 Å². The number of halogens is 1. The molecule has 0 saturated heterocycles. The van der Waals surface area contributed by atoms with Crippen molar-refractivity contribution in [2.24, 2.45) is 5.73 Å². The molecule has 0 bridgehead atoms. The molecule has 21 heavy (non-hydrogen) atoms. The highest BCUT2D eigenvalue weighted by Crippen LogP contribution is 2.34. The van der Waals surface area contributed by atoms with E-state index in [2.05, 4.69) is 0 Å². The van der Waals surface area contributed by atoms with Gasteiger partial charge in [-0.3, -0.25) is 0 Å². The molecule has 0 aliphatic rings. The van der Waals surface area contributed by atoms with Crippen molar-refractivity contribution in [3.63, 3.8) is 0 Å². The molecular weight excluding hydrogens is 286 g/mol. The van der Waals surface area contributed by atoms with Gasteiger partial charge in [0.15, 0.2) is 11.5 Å². The van der Waals surface area contributed by atoms with Crippen molar-refractivity contribution >= 4 is 11.6 Å². The van der Waals surface area contributed by atoms with Crippen LogP contribution in [0.5, 0.6) is 11.5 Å². The molecule has 0 fully saturated rings. The maximum absolute atomic E-state index is 6.41. The zero-order valence-corrected chi connectivity index (χ0v) is 13.5. The van der Waals surface area contributed by atoms with Gasteiger partial charge in [0.1, 0.15) is 0 Å². The average Bonchev–Trinajstić information content (AvgIpc) is 2.49. The lowest BCUT2D eigenvalue weighted by Crippen LogP contribution is -2.14. The van der Waals surface area contributed by atoms with E-state index in [9.17, 15) is 0 Å². The summed E-state index contributed by atoms with van der Waals surface area (Å²) < 4.78 is 10.7. The van der Waals surface area contributed by atoms with Gasteiger partial charge >= 0.3 is 0 Å². The molecule has 112 valence electrons. The molecule has 0 radical (unpaired) electrons. The minimum absolute atomic E-state index is 0.235. The lowest BCUT2D eigenvalue weighted by atomic mass is 9.94. The molecule has 4 heteroatoms. The van der Waals surface area contributed by atoms with Crippen LogP contribution in [-0.4, -0.2) is 14.2 Å². The number of hydrogen-bond donors (Lipinski definition) is 1. The van der Waals surface area contributed by atoms with Crippen LogP contribution in [0.4, 0.5) is 0 Å². The summed E-state index contributed by atoms with van der Waals surface area (Å²) in [5, 5.41) is 0.745. The molecule has 3 nitrogen and oxygen atoms in total.